The molecule has 0 saturated carbocycles. The van der Waals surface area contributed by atoms with E-state index in [1.54, 1.807) is 6.07 Å². The molecule has 0 bridgehead atoms. The Morgan fingerprint density at radius 3 is 2.91 bits per heavy atom. The third kappa shape index (κ3) is 3.25. The summed E-state index contributed by atoms with van der Waals surface area (Å²) in [5, 5.41) is 3.46. The van der Waals surface area contributed by atoms with Crippen molar-refractivity contribution in [2.45, 2.75) is 26.2 Å². The van der Waals surface area contributed by atoms with E-state index in [0.717, 1.165) is 29.8 Å². The summed E-state index contributed by atoms with van der Waals surface area (Å²) >= 11 is 6.04. The van der Waals surface area contributed by atoms with Gasteiger partial charge in [-0.3, -0.25) is 4.79 Å². The molecule has 0 radical (unpaired) electrons. The van der Waals surface area contributed by atoms with E-state index in [1.807, 2.05) is 31.2 Å². The summed E-state index contributed by atoms with van der Waals surface area (Å²) in [4.78, 5) is 12.0. The Morgan fingerprint density at radius 2 is 2.05 bits per heavy atom. The molecule has 0 fully saturated rings. The van der Waals surface area contributed by atoms with Crippen LogP contribution in [0.2, 0.25) is 5.02 Å². The fourth-order valence-corrected chi connectivity index (χ4v) is 2.89. The first-order valence-corrected chi connectivity index (χ1v) is 7.81. The molecule has 0 atom stereocenters. The SMILES string of the molecule is Cc1c(Cl)cccc1NC(=O)COc1ccc2c(c1)CCC2. The zero-order valence-electron chi connectivity index (χ0n) is 12.5. The van der Waals surface area contributed by atoms with Crippen LogP contribution in [0.3, 0.4) is 0 Å². The Kier molecular flexibility index (Phi) is 4.34. The minimum atomic E-state index is -0.189. The second kappa shape index (κ2) is 6.41. The molecule has 1 amide bonds. The van der Waals surface area contributed by atoms with E-state index >= 15 is 0 Å². The van der Waals surface area contributed by atoms with Crippen LogP contribution < -0.4 is 10.1 Å². The van der Waals surface area contributed by atoms with E-state index in [4.69, 9.17) is 16.3 Å². The Labute approximate surface area is 135 Å². The lowest BCUT2D eigenvalue weighted by atomic mass is 10.1. The Bertz CT molecular complexity index is 712. The van der Waals surface area contributed by atoms with Gasteiger partial charge >= 0.3 is 0 Å². The molecule has 0 aliphatic heterocycles. The van der Waals surface area contributed by atoms with Crippen LogP contribution in [-0.4, -0.2) is 12.5 Å². The van der Waals surface area contributed by atoms with Crippen molar-refractivity contribution < 1.29 is 9.53 Å². The number of hydrogen-bond acceptors (Lipinski definition) is 2. The molecule has 22 heavy (non-hydrogen) atoms. The summed E-state index contributed by atoms with van der Waals surface area (Å²) in [6.45, 7) is 1.87. The maximum absolute atomic E-state index is 12.0. The summed E-state index contributed by atoms with van der Waals surface area (Å²) in [5.74, 6) is 0.560. The smallest absolute Gasteiger partial charge is 0.262 e. The lowest BCUT2D eigenvalue weighted by molar-refractivity contribution is -0.118. The topological polar surface area (TPSA) is 38.3 Å². The Balaban J connectivity index is 1.59. The number of ether oxygens (including phenoxy) is 1. The highest BCUT2D eigenvalue weighted by Gasteiger charge is 2.12. The second-order valence-electron chi connectivity index (χ2n) is 5.53. The van der Waals surface area contributed by atoms with Crippen molar-refractivity contribution in [3.8, 4) is 5.75 Å². The average molecular weight is 316 g/mol. The predicted molar refractivity (Wildman–Crippen MR) is 88.8 cm³/mol. The zero-order valence-corrected chi connectivity index (χ0v) is 13.2. The molecule has 3 nitrogen and oxygen atoms in total. The normalized spacial score (nSPS) is 12.8. The van der Waals surface area contributed by atoms with E-state index < -0.39 is 0 Å². The molecule has 2 aromatic carbocycles. The van der Waals surface area contributed by atoms with Crippen LogP contribution in [0.5, 0.6) is 5.75 Å². The number of aryl methyl sites for hydroxylation is 2. The third-order valence-electron chi connectivity index (χ3n) is 3.98. The van der Waals surface area contributed by atoms with Crippen LogP contribution in [0, 0.1) is 6.92 Å². The van der Waals surface area contributed by atoms with E-state index in [-0.39, 0.29) is 12.5 Å². The summed E-state index contributed by atoms with van der Waals surface area (Å²) in [7, 11) is 0. The molecule has 0 unspecified atom stereocenters. The standard InChI is InChI=1S/C18H18ClNO2/c1-12-16(19)6-3-7-17(12)20-18(21)11-22-15-9-8-13-4-2-5-14(13)10-15/h3,6-10H,2,4-5,11H2,1H3,(H,20,21). The first-order valence-electron chi connectivity index (χ1n) is 7.43. The summed E-state index contributed by atoms with van der Waals surface area (Å²) in [6, 6.07) is 11.5. The second-order valence-corrected chi connectivity index (χ2v) is 5.94. The van der Waals surface area contributed by atoms with Crippen LogP contribution >= 0.6 is 11.6 Å². The number of carbonyl (C=O) groups is 1. The molecule has 3 rings (SSSR count). The molecule has 1 N–H and O–H groups in total. The molecule has 0 saturated heterocycles. The van der Waals surface area contributed by atoms with Gasteiger partial charge in [-0.25, -0.2) is 0 Å². The molecule has 0 aromatic heterocycles. The molecular formula is C18H18ClNO2. The summed E-state index contributed by atoms with van der Waals surface area (Å²) < 4.78 is 5.59. The number of anilines is 1. The van der Waals surface area contributed by atoms with Crippen molar-refractivity contribution in [3.63, 3.8) is 0 Å². The van der Waals surface area contributed by atoms with Crippen LogP contribution in [-0.2, 0) is 17.6 Å². The minimum absolute atomic E-state index is 0.00919. The highest BCUT2D eigenvalue weighted by molar-refractivity contribution is 6.31. The molecule has 0 spiro atoms. The van der Waals surface area contributed by atoms with E-state index in [2.05, 4.69) is 11.4 Å². The number of rotatable bonds is 4. The Hall–Kier alpha value is -2.00. The van der Waals surface area contributed by atoms with E-state index in [0.29, 0.717) is 5.02 Å². The fourth-order valence-electron chi connectivity index (χ4n) is 2.72. The molecule has 0 heterocycles. The van der Waals surface area contributed by atoms with Gasteiger partial charge in [0.1, 0.15) is 5.75 Å². The van der Waals surface area contributed by atoms with Crippen LogP contribution in [0.25, 0.3) is 0 Å². The van der Waals surface area contributed by atoms with Gasteiger partial charge in [0.05, 0.1) is 0 Å². The third-order valence-corrected chi connectivity index (χ3v) is 4.39. The number of halogens is 1. The van der Waals surface area contributed by atoms with Gasteiger partial charge in [-0.05, 0) is 67.1 Å². The van der Waals surface area contributed by atoms with Crippen molar-refractivity contribution >= 4 is 23.2 Å². The largest absolute Gasteiger partial charge is 0.484 e. The predicted octanol–water partition coefficient (Wildman–Crippen LogP) is 4.15. The molecule has 114 valence electrons. The van der Waals surface area contributed by atoms with Gasteiger partial charge in [0.25, 0.3) is 5.91 Å². The van der Waals surface area contributed by atoms with Crippen LogP contribution in [0.1, 0.15) is 23.1 Å². The van der Waals surface area contributed by atoms with Gasteiger partial charge in [-0.15, -0.1) is 0 Å². The monoisotopic (exact) mass is 315 g/mol. The van der Waals surface area contributed by atoms with Crippen molar-refractivity contribution in [2.24, 2.45) is 0 Å². The van der Waals surface area contributed by atoms with Crippen molar-refractivity contribution in [3.05, 3.63) is 58.1 Å². The van der Waals surface area contributed by atoms with Gasteiger partial charge in [0, 0.05) is 10.7 Å². The van der Waals surface area contributed by atoms with E-state index in [9.17, 15) is 4.79 Å². The highest BCUT2D eigenvalue weighted by atomic mass is 35.5. The summed E-state index contributed by atoms with van der Waals surface area (Å²) in [5.41, 5.74) is 4.31. The average Bonchev–Trinajstić information content (AvgIpc) is 2.97. The lowest BCUT2D eigenvalue weighted by Crippen LogP contribution is -2.20. The molecule has 4 heteroatoms. The van der Waals surface area contributed by atoms with Crippen molar-refractivity contribution in [2.75, 3.05) is 11.9 Å². The quantitative estimate of drug-likeness (QED) is 0.920. The van der Waals surface area contributed by atoms with Gasteiger partial charge < -0.3 is 10.1 Å². The number of nitrogens with one attached hydrogen (secondary N) is 1. The lowest BCUT2D eigenvalue weighted by Gasteiger charge is -2.11. The summed E-state index contributed by atoms with van der Waals surface area (Å²) in [6.07, 6.45) is 3.44. The van der Waals surface area contributed by atoms with Gasteiger partial charge in [-0.1, -0.05) is 23.7 Å². The number of benzene rings is 2. The maximum Gasteiger partial charge on any atom is 0.262 e. The number of carbonyl (C=O) groups excluding carboxylic acids is 1. The number of amides is 1. The van der Waals surface area contributed by atoms with Crippen molar-refractivity contribution in [1.29, 1.82) is 0 Å². The van der Waals surface area contributed by atoms with Gasteiger partial charge in [0.15, 0.2) is 6.61 Å². The van der Waals surface area contributed by atoms with E-state index in [1.165, 1.54) is 17.5 Å². The maximum atomic E-state index is 12.0. The van der Waals surface area contributed by atoms with Gasteiger partial charge in [0.2, 0.25) is 0 Å². The Morgan fingerprint density at radius 1 is 1.23 bits per heavy atom. The fraction of sp³-hybridized carbons (Fsp3) is 0.278. The van der Waals surface area contributed by atoms with Crippen LogP contribution in [0.4, 0.5) is 5.69 Å². The minimum Gasteiger partial charge on any atom is -0.484 e. The van der Waals surface area contributed by atoms with Crippen molar-refractivity contribution in [1.82, 2.24) is 0 Å². The first-order chi connectivity index (χ1) is 10.6. The first kappa shape index (κ1) is 14.9. The van der Waals surface area contributed by atoms with Gasteiger partial charge in [-0.2, -0.15) is 0 Å². The molecular weight excluding hydrogens is 298 g/mol. The number of fused-ring (bicyclic) bond motifs is 1. The number of hydrogen-bond donors (Lipinski definition) is 1. The zero-order chi connectivity index (χ0) is 15.5. The molecule has 1 aliphatic rings. The highest BCUT2D eigenvalue weighted by Crippen LogP contribution is 2.26. The molecule has 1 aliphatic carbocycles. The molecule has 2 aromatic rings. The van der Waals surface area contributed by atoms with Crippen LogP contribution in [0.15, 0.2) is 36.4 Å².